The molecule has 1 heterocycles. The highest BCUT2D eigenvalue weighted by Gasteiger charge is 2.12. The zero-order valence-electron chi connectivity index (χ0n) is 18.5. The molecule has 0 fully saturated rings. The fraction of sp³-hybridized carbons (Fsp3) is 0.292. The Kier molecular flexibility index (Phi) is 7.60. The van der Waals surface area contributed by atoms with Gasteiger partial charge in [0.05, 0.1) is 32.5 Å². The van der Waals surface area contributed by atoms with E-state index < -0.39 is 0 Å². The van der Waals surface area contributed by atoms with Crippen molar-refractivity contribution in [3.8, 4) is 17.2 Å². The van der Waals surface area contributed by atoms with Crippen molar-refractivity contribution in [3.63, 3.8) is 0 Å². The summed E-state index contributed by atoms with van der Waals surface area (Å²) in [6.45, 7) is 1.73. The molecule has 0 aliphatic carbocycles. The van der Waals surface area contributed by atoms with Gasteiger partial charge in [-0.05, 0) is 62.1 Å². The Bertz CT molecular complexity index is 1060. The Labute approximate surface area is 188 Å². The van der Waals surface area contributed by atoms with E-state index in [0.717, 1.165) is 40.9 Å². The van der Waals surface area contributed by atoms with E-state index in [2.05, 4.69) is 24.3 Å². The van der Waals surface area contributed by atoms with Gasteiger partial charge in [0.15, 0.2) is 11.5 Å². The van der Waals surface area contributed by atoms with Gasteiger partial charge >= 0.3 is 0 Å². The monoisotopic (exact) mass is 441 g/mol. The maximum atomic E-state index is 6.23. The number of methoxy groups -OCH3 is 3. The number of nitrogens with zero attached hydrogens (tertiary/aromatic N) is 2. The molecule has 0 atom stereocenters. The highest BCUT2D eigenvalue weighted by Crippen LogP contribution is 2.38. The van der Waals surface area contributed by atoms with Gasteiger partial charge in [0, 0.05) is 29.2 Å². The molecule has 0 aliphatic rings. The van der Waals surface area contributed by atoms with Gasteiger partial charge in [-0.3, -0.25) is 0 Å². The topological polar surface area (TPSA) is 55.9 Å². The van der Waals surface area contributed by atoms with E-state index in [1.807, 2.05) is 48.6 Å². The number of hydrogen-bond donors (Lipinski definition) is 1. The Morgan fingerprint density at radius 1 is 0.968 bits per heavy atom. The largest absolute Gasteiger partial charge is 0.493 e. The lowest BCUT2D eigenvalue weighted by atomic mass is 10.1. The van der Waals surface area contributed by atoms with Gasteiger partial charge < -0.3 is 24.4 Å². The molecule has 0 saturated carbocycles. The first-order chi connectivity index (χ1) is 14.9. The molecule has 3 rings (SSSR count). The Morgan fingerprint density at radius 3 is 2.29 bits per heavy atom. The van der Waals surface area contributed by atoms with Crippen molar-refractivity contribution in [1.82, 2.24) is 9.88 Å². The number of hydrogen-bond acceptors (Lipinski definition) is 6. The van der Waals surface area contributed by atoms with Gasteiger partial charge in [0.25, 0.3) is 0 Å². The predicted octanol–water partition coefficient (Wildman–Crippen LogP) is 5.06. The van der Waals surface area contributed by atoms with Gasteiger partial charge in [-0.1, -0.05) is 17.7 Å². The lowest BCUT2D eigenvalue weighted by molar-refractivity contribution is 0.324. The third kappa shape index (κ3) is 5.60. The summed E-state index contributed by atoms with van der Waals surface area (Å²) in [5.41, 5.74) is 3.62. The lowest BCUT2D eigenvalue weighted by Crippen LogP contribution is -2.20. The number of pyridine rings is 1. The zero-order valence-corrected chi connectivity index (χ0v) is 19.3. The summed E-state index contributed by atoms with van der Waals surface area (Å²) in [7, 11) is 8.90. The third-order valence-corrected chi connectivity index (χ3v) is 5.03. The van der Waals surface area contributed by atoms with Crippen LogP contribution in [0.3, 0.4) is 0 Å². The summed E-state index contributed by atoms with van der Waals surface area (Å²) in [5, 5.41) is 5.19. The lowest BCUT2D eigenvalue weighted by Gasteiger charge is -2.14. The molecule has 0 aliphatic heterocycles. The van der Waals surface area contributed by atoms with Crippen LogP contribution in [0.1, 0.15) is 11.3 Å². The number of likely N-dealkylation sites (N-methyl/N-ethyl adjacent to an activating group) is 1. The van der Waals surface area contributed by atoms with Crippen LogP contribution in [-0.4, -0.2) is 58.4 Å². The van der Waals surface area contributed by atoms with Crippen LogP contribution >= 0.6 is 11.6 Å². The minimum atomic E-state index is 0.565. The van der Waals surface area contributed by atoms with E-state index >= 15 is 0 Å². The van der Waals surface area contributed by atoms with Crippen LogP contribution in [0.15, 0.2) is 36.4 Å². The van der Waals surface area contributed by atoms with E-state index in [9.17, 15) is 0 Å². The highest BCUT2D eigenvalue weighted by molar-refractivity contribution is 6.31. The molecule has 1 aromatic heterocycles. The minimum absolute atomic E-state index is 0.565. The van der Waals surface area contributed by atoms with Gasteiger partial charge in [0.1, 0.15) is 0 Å². The van der Waals surface area contributed by atoms with Crippen molar-refractivity contribution in [3.05, 3.63) is 52.7 Å². The number of ether oxygens (including phenoxy) is 3. The Morgan fingerprint density at radius 2 is 1.68 bits per heavy atom. The summed E-state index contributed by atoms with van der Waals surface area (Å²) < 4.78 is 16.3. The SMILES string of the molecule is COc1cc(/C=C/c2cc(NCCN(C)C)c3cc(Cl)ccc3n2)cc(OC)c1OC. The first-order valence-electron chi connectivity index (χ1n) is 9.92. The van der Waals surface area contributed by atoms with Crippen LogP contribution in [-0.2, 0) is 0 Å². The second kappa shape index (κ2) is 10.4. The summed E-state index contributed by atoms with van der Waals surface area (Å²) in [4.78, 5) is 6.90. The van der Waals surface area contributed by atoms with Gasteiger partial charge in [-0.25, -0.2) is 4.98 Å². The normalized spacial score (nSPS) is 11.3. The van der Waals surface area contributed by atoms with E-state index in [0.29, 0.717) is 22.3 Å². The molecule has 0 saturated heterocycles. The molecule has 6 nitrogen and oxygen atoms in total. The van der Waals surface area contributed by atoms with Crippen LogP contribution in [0, 0.1) is 0 Å². The molecule has 0 spiro atoms. The maximum absolute atomic E-state index is 6.23. The second-order valence-electron chi connectivity index (χ2n) is 7.28. The van der Waals surface area contributed by atoms with Crippen molar-refractivity contribution in [2.24, 2.45) is 0 Å². The third-order valence-electron chi connectivity index (χ3n) is 4.80. The number of nitrogens with one attached hydrogen (secondary N) is 1. The van der Waals surface area contributed by atoms with E-state index in [1.165, 1.54) is 0 Å². The zero-order chi connectivity index (χ0) is 22.4. The Balaban J connectivity index is 1.97. The molecule has 31 heavy (non-hydrogen) atoms. The van der Waals surface area contributed by atoms with Crippen LogP contribution < -0.4 is 19.5 Å². The maximum Gasteiger partial charge on any atom is 0.203 e. The summed E-state index contributed by atoms with van der Waals surface area (Å²) >= 11 is 6.23. The summed E-state index contributed by atoms with van der Waals surface area (Å²) in [6, 6.07) is 11.6. The molecule has 0 radical (unpaired) electrons. The Hall–Kier alpha value is -2.96. The van der Waals surface area contributed by atoms with Gasteiger partial charge in [-0.2, -0.15) is 0 Å². The molecule has 3 aromatic rings. The average Bonchev–Trinajstić information content (AvgIpc) is 2.76. The van der Waals surface area contributed by atoms with Gasteiger partial charge in [-0.15, -0.1) is 0 Å². The smallest absolute Gasteiger partial charge is 0.203 e. The van der Waals surface area contributed by atoms with Crippen molar-refractivity contribution in [1.29, 1.82) is 0 Å². The number of benzene rings is 2. The van der Waals surface area contributed by atoms with Crippen molar-refractivity contribution in [2.45, 2.75) is 0 Å². The molecule has 0 bridgehead atoms. The summed E-state index contributed by atoms with van der Waals surface area (Å²) in [5.74, 6) is 1.78. The quantitative estimate of drug-likeness (QED) is 0.501. The number of aromatic nitrogens is 1. The predicted molar refractivity (Wildman–Crippen MR) is 129 cm³/mol. The first-order valence-corrected chi connectivity index (χ1v) is 10.3. The number of rotatable bonds is 9. The molecule has 164 valence electrons. The minimum Gasteiger partial charge on any atom is -0.493 e. The fourth-order valence-corrected chi connectivity index (χ4v) is 3.42. The number of fused-ring (bicyclic) bond motifs is 1. The van der Waals surface area contributed by atoms with E-state index in [4.69, 9.17) is 30.8 Å². The van der Waals surface area contributed by atoms with Gasteiger partial charge in [0.2, 0.25) is 5.75 Å². The molecule has 7 heteroatoms. The standard InChI is InChI=1S/C24H28ClN3O3/c1-28(2)11-10-26-21-15-18(27-20-9-7-17(25)14-19(20)21)8-6-16-12-22(29-3)24(31-5)23(13-16)30-4/h6-9,12-15H,10-11H2,1-5H3,(H,26,27)/b8-6+. The van der Waals surface area contributed by atoms with Crippen molar-refractivity contribution in [2.75, 3.05) is 53.8 Å². The summed E-state index contributed by atoms with van der Waals surface area (Å²) in [6.07, 6.45) is 3.93. The van der Waals surface area contributed by atoms with Crippen LogP contribution in [0.5, 0.6) is 17.2 Å². The molecule has 2 aromatic carbocycles. The molecule has 1 N–H and O–H groups in total. The molecular weight excluding hydrogens is 414 g/mol. The molecule has 0 unspecified atom stereocenters. The first kappa shape index (κ1) is 22.7. The van der Waals surface area contributed by atoms with Crippen LogP contribution in [0.4, 0.5) is 5.69 Å². The van der Waals surface area contributed by atoms with E-state index in [1.54, 1.807) is 21.3 Å². The number of halogens is 1. The van der Waals surface area contributed by atoms with E-state index in [-0.39, 0.29) is 0 Å². The van der Waals surface area contributed by atoms with Crippen molar-refractivity contribution < 1.29 is 14.2 Å². The fourth-order valence-electron chi connectivity index (χ4n) is 3.24. The molecule has 0 amide bonds. The van der Waals surface area contributed by atoms with Crippen LogP contribution in [0.2, 0.25) is 5.02 Å². The second-order valence-corrected chi connectivity index (χ2v) is 7.71. The van der Waals surface area contributed by atoms with Crippen molar-refractivity contribution >= 4 is 40.3 Å². The average molecular weight is 442 g/mol. The molecular formula is C24H28ClN3O3. The highest BCUT2D eigenvalue weighted by atomic mass is 35.5. The van der Waals surface area contributed by atoms with Crippen LogP contribution in [0.25, 0.3) is 23.1 Å². The number of anilines is 1.